The molecule has 0 unspecified atom stereocenters. The zero-order valence-corrected chi connectivity index (χ0v) is 10.5. The van der Waals surface area contributed by atoms with E-state index in [2.05, 4.69) is 13.8 Å². The van der Waals surface area contributed by atoms with Crippen LogP contribution in [0.2, 0.25) is 0 Å². The fraction of sp³-hybridized carbons (Fsp3) is 0.462. The van der Waals surface area contributed by atoms with Crippen molar-refractivity contribution in [2.45, 2.75) is 26.7 Å². The lowest BCUT2D eigenvalue weighted by atomic mass is 10.1. The van der Waals surface area contributed by atoms with E-state index in [9.17, 15) is 4.39 Å². The molecule has 0 radical (unpaired) electrons. The molecule has 1 aromatic carbocycles. The molecule has 0 aliphatic carbocycles. The second-order valence-electron chi connectivity index (χ2n) is 4.07. The van der Waals surface area contributed by atoms with Gasteiger partial charge in [-0.3, -0.25) is 5.41 Å². The van der Waals surface area contributed by atoms with Gasteiger partial charge < -0.3 is 10.6 Å². The highest BCUT2D eigenvalue weighted by atomic mass is 19.1. The highest BCUT2D eigenvalue weighted by Crippen LogP contribution is 2.21. The average molecular weight is 237 g/mol. The first-order valence-corrected chi connectivity index (χ1v) is 5.99. The Labute approximate surface area is 102 Å². The first-order valence-electron chi connectivity index (χ1n) is 5.99. The Bertz CT molecular complexity index is 384. The van der Waals surface area contributed by atoms with E-state index in [1.54, 1.807) is 12.1 Å². The molecule has 1 rings (SSSR count). The van der Waals surface area contributed by atoms with Gasteiger partial charge in [0, 0.05) is 18.7 Å². The average Bonchev–Trinajstić information content (AvgIpc) is 2.28. The molecule has 17 heavy (non-hydrogen) atoms. The van der Waals surface area contributed by atoms with E-state index in [1.165, 1.54) is 6.07 Å². The summed E-state index contributed by atoms with van der Waals surface area (Å²) in [5.41, 5.74) is 6.36. The van der Waals surface area contributed by atoms with Gasteiger partial charge in [-0.2, -0.15) is 0 Å². The van der Waals surface area contributed by atoms with Gasteiger partial charge in [-0.1, -0.05) is 13.8 Å². The van der Waals surface area contributed by atoms with Crippen molar-refractivity contribution in [3.8, 4) is 0 Å². The van der Waals surface area contributed by atoms with Gasteiger partial charge in [-0.05, 0) is 31.0 Å². The van der Waals surface area contributed by atoms with Crippen LogP contribution in [0.25, 0.3) is 0 Å². The van der Waals surface area contributed by atoms with Gasteiger partial charge in [0.25, 0.3) is 0 Å². The third-order valence-corrected chi connectivity index (χ3v) is 2.59. The van der Waals surface area contributed by atoms with Crippen molar-refractivity contribution >= 4 is 11.5 Å². The molecule has 0 saturated carbocycles. The third-order valence-electron chi connectivity index (χ3n) is 2.59. The fourth-order valence-electron chi connectivity index (χ4n) is 1.82. The molecular formula is C13H20FN3. The van der Waals surface area contributed by atoms with Crippen LogP contribution in [0.15, 0.2) is 18.2 Å². The SMILES string of the molecule is CCCN(CCC)c1ccc(C(=N)N)cc1F. The third kappa shape index (κ3) is 3.44. The molecule has 0 aliphatic rings. The Hall–Kier alpha value is -1.58. The van der Waals surface area contributed by atoms with Crippen molar-refractivity contribution in [1.29, 1.82) is 5.41 Å². The monoisotopic (exact) mass is 237 g/mol. The van der Waals surface area contributed by atoms with Crippen molar-refractivity contribution in [3.05, 3.63) is 29.6 Å². The molecule has 0 saturated heterocycles. The molecule has 3 nitrogen and oxygen atoms in total. The number of anilines is 1. The summed E-state index contributed by atoms with van der Waals surface area (Å²) < 4.78 is 13.9. The summed E-state index contributed by atoms with van der Waals surface area (Å²) in [6.45, 7) is 5.82. The molecule has 0 aromatic heterocycles. The quantitative estimate of drug-likeness (QED) is 0.590. The van der Waals surface area contributed by atoms with Crippen molar-refractivity contribution in [2.24, 2.45) is 5.73 Å². The molecular weight excluding hydrogens is 217 g/mol. The molecule has 0 heterocycles. The second kappa shape index (κ2) is 6.23. The van der Waals surface area contributed by atoms with E-state index in [4.69, 9.17) is 11.1 Å². The molecule has 0 spiro atoms. The zero-order valence-electron chi connectivity index (χ0n) is 10.5. The number of halogens is 1. The Morgan fingerprint density at radius 2 is 1.88 bits per heavy atom. The fourth-order valence-corrected chi connectivity index (χ4v) is 1.82. The van der Waals surface area contributed by atoms with E-state index in [-0.39, 0.29) is 11.7 Å². The van der Waals surface area contributed by atoms with E-state index in [0.717, 1.165) is 25.9 Å². The molecule has 0 fully saturated rings. The molecule has 0 bridgehead atoms. The molecule has 1 aromatic rings. The molecule has 0 amide bonds. The number of rotatable bonds is 6. The van der Waals surface area contributed by atoms with Crippen LogP contribution in [0, 0.1) is 11.2 Å². The van der Waals surface area contributed by atoms with Crippen molar-refractivity contribution in [3.63, 3.8) is 0 Å². The van der Waals surface area contributed by atoms with Gasteiger partial charge in [0.2, 0.25) is 0 Å². The number of nitrogens with two attached hydrogens (primary N) is 1. The maximum absolute atomic E-state index is 13.9. The highest BCUT2D eigenvalue weighted by molar-refractivity contribution is 5.95. The standard InChI is InChI=1S/C13H20FN3/c1-3-7-17(8-4-2)12-6-5-10(13(15)16)9-11(12)14/h5-6,9H,3-4,7-8H2,1-2H3,(H3,15,16). The summed E-state index contributed by atoms with van der Waals surface area (Å²) >= 11 is 0. The van der Waals surface area contributed by atoms with E-state index in [0.29, 0.717) is 11.3 Å². The number of hydrogen-bond acceptors (Lipinski definition) is 2. The van der Waals surface area contributed by atoms with Gasteiger partial charge in [-0.15, -0.1) is 0 Å². The predicted octanol–water partition coefficient (Wildman–Crippen LogP) is 2.74. The second-order valence-corrected chi connectivity index (χ2v) is 4.07. The molecule has 94 valence electrons. The maximum Gasteiger partial charge on any atom is 0.147 e. The van der Waals surface area contributed by atoms with Gasteiger partial charge >= 0.3 is 0 Å². The Morgan fingerprint density at radius 1 is 1.29 bits per heavy atom. The molecule has 3 N–H and O–H groups in total. The topological polar surface area (TPSA) is 53.1 Å². The first-order chi connectivity index (χ1) is 8.10. The number of nitrogens with zero attached hydrogens (tertiary/aromatic N) is 1. The molecule has 0 atom stereocenters. The van der Waals surface area contributed by atoms with E-state index in [1.807, 2.05) is 4.90 Å². The van der Waals surface area contributed by atoms with Crippen LogP contribution in [0.5, 0.6) is 0 Å². The normalized spacial score (nSPS) is 10.3. The van der Waals surface area contributed by atoms with E-state index >= 15 is 0 Å². The number of amidine groups is 1. The summed E-state index contributed by atoms with van der Waals surface area (Å²) in [6, 6.07) is 4.73. The van der Waals surface area contributed by atoms with Crippen LogP contribution >= 0.6 is 0 Å². The Morgan fingerprint density at radius 3 is 2.29 bits per heavy atom. The number of nitrogens with one attached hydrogen (secondary N) is 1. The van der Waals surface area contributed by atoms with Crippen molar-refractivity contribution in [1.82, 2.24) is 0 Å². The summed E-state index contributed by atoms with van der Waals surface area (Å²) in [4.78, 5) is 2.03. The minimum absolute atomic E-state index is 0.104. The van der Waals surface area contributed by atoms with Crippen LogP contribution < -0.4 is 10.6 Å². The van der Waals surface area contributed by atoms with Gasteiger partial charge in [-0.25, -0.2) is 4.39 Å². The van der Waals surface area contributed by atoms with Crippen molar-refractivity contribution in [2.75, 3.05) is 18.0 Å². The van der Waals surface area contributed by atoms with Gasteiger partial charge in [0.15, 0.2) is 0 Å². The maximum atomic E-state index is 13.9. The first kappa shape index (κ1) is 13.5. The molecule has 4 heteroatoms. The van der Waals surface area contributed by atoms with Crippen LogP contribution in [-0.2, 0) is 0 Å². The van der Waals surface area contributed by atoms with Crippen LogP contribution in [0.3, 0.4) is 0 Å². The largest absolute Gasteiger partial charge is 0.384 e. The van der Waals surface area contributed by atoms with Crippen LogP contribution in [-0.4, -0.2) is 18.9 Å². The van der Waals surface area contributed by atoms with E-state index < -0.39 is 0 Å². The summed E-state index contributed by atoms with van der Waals surface area (Å²) in [6.07, 6.45) is 1.96. The summed E-state index contributed by atoms with van der Waals surface area (Å²) in [5, 5.41) is 7.27. The number of hydrogen-bond donors (Lipinski definition) is 2. The number of benzene rings is 1. The lowest BCUT2D eigenvalue weighted by Gasteiger charge is -2.24. The van der Waals surface area contributed by atoms with Crippen molar-refractivity contribution < 1.29 is 4.39 Å². The molecule has 0 aliphatic heterocycles. The predicted molar refractivity (Wildman–Crippen MR) is 70.2 cm³/mol. The van der Waals surface area contributed by atoms with Gasteiger partial charge in [0.05, 0.1) is 5.69 Å². The van der Waals surface area contributed by atoms with Crippen LogP contribution in [0.1, 0.15) is 32.3 Å². The smallest absolute Gasteiger partial charge is 0.147 e. The summed E-state index contributed by atoms with van der Waals surface area (Å²) in [7, 11) is 0. The van der Waals surface area contributed by atoms with Crippen LogP contribution in [0.4, 0.5) is 10.1 Å². The minimum Gasteiger partial charge on any atom is -0.384 e. The lowest BCUT2D eigenvalue weighted by Crippen LogP contribution is -2.26. The Balaban J connectivity index is 2.99. The zero-order chi connectivity index (χ0) is 12.8. The van der Waals surface area contributed by atoms with Gasteiger partial charge in [0.1, 0.15) is 11.7 Å². The summed E-state index contributed by atoms with van der Waals surface area (Å²) in [5.74, 6) is -0.410. The highest BCUT2D eigenvalue weighted by Gasteiger charge is 2.11. The Kier molecular flexibility index (Phi) is 4.94. The number of nitrogen functional groups attached to an aromatic ring is 1. The lowest BCUT2D eigenvalue weighted by molar-refractivity contribution is 0.613. The minimum atomic E-state index is -0.306.